The zero-order chi connectivity index (χ0) is 15.1. The fourth-order valence-corrected chi connectivity index (χ4v) is 2.88. The van der Waals surface area contributed by atoms with Gasteiger partial charge in [-0.15, -0.1) is 0 Å². The molecule has 1 aliphatic rings. The minimum Gasteiger partial charge on any atom is -0.481 e. The molecule has 1 N–H and O–H groups in total. The quantitative estimate of drug-likeness (QED) is 0.781. The van der Waals surface area contributed by atoms with E-state index in [0.29, 0.717) is 11.9 Å². The number of nitrogens with one attached hydrogen (secondary N) is 1. The Morgan fingerprint density at radius 3 is 2.62 bits per heavy atom. The predicted molar refractivity (Wildman–Crippen MR) is 85.1 cm³/mol. The molecule has 1 aliphatic heterocycles. The van der Waals surface area contributed by atoms with Crippen LogP contribution in [0, 0.1) is 5.41 Å². The van der Waals surface area contributed by atoms with E-state index in [4.69, 9.17) is 10.1 Å². The Hall–Kier alpha value is -1.46. The number of hydrogen-bond acceptors (Lipinski definition) is 5. The van der Waals surface area contributed by atoms with Crippen molar-refractivity contribution in [2.75, 3.05) is 33.3 Å². The van der Waals surface area contributed by atoms with E-state index in [1.54, 1.807) is 13.3 Å². The molecule has 1 fully saturated rings. The average molecular weight is 290 g/mol. The third kappa shape index (κ3) is 4.51. The van der Waals surface area contributed by atoms with Crippen LogP contribution in [-0.2, 0) is 6.54 Å². The highest BCUT2D eigenvalue weighted by atomic mass is 16.5. The maximum atomic E-state index is 7.30. The molecule has 0 amide bonds. The van der Waals surface area contributed by atoms with Crippen molar-refractivity contribution in [2.45, 2.75) is 32.4 Å². The summed E-state index contributed by atoms with van der Waals surface area (Å²) in [5, 5.41) is 7.30. The number of pyridine rings is 1. The molecule has 5 heteroatoms. The SMILES string of the molecule is CCC(CC=N)N1CCN(Cc2ccc(OC)nc2)CC1. The summed E-state index contributed by atoms with van der Waals surface area (Å²) in [6, 6.07) is 4.54. The topological polar surface area (TPSA) is 52.5 Å². The van der Waals surface area contributed by atoms with E-state index in [1.807, 2.05) is 12.3 Å². The van der Waals surface area contributed by atoms with Gasteiger partial charge in [0.15, 0.2) is 0 Å². The zero-order valence-corrected chi connectivity index (χ0v) is 13.1. The Bertz CT molecular complexity index is 426. The van der Waals surface area contributed by atoms with Gasteiger partial charge in [-0.2, -0.15) is 0 Å². The van der Waals surface area contributed by atoms with E-state index in [9.17, 15) is 0 Å². The van der Waals surface area contributed by atoms with Crippen LogP contribution in [0.1, 0.15) is 25.3 Å². The second-order valence-electron chi connectivity index (χ2n) is 5.52. The fourth-order valence-electron chi connectivity index (χ4n) is 2.88. The number of hydrogen-bond donors (Lipinski definition) is 1. The second-order valence-corrected chi connectivity index (χ2v) is 5.52. The minimum absolute atomic E-state index is 0.535. The van der Waals surface area contributed by atoms with E-state index in [-0.39, 0.29) is 0 Å². The molecule has 21 heavy (non-hydrogen) atoms. The molecule has 5 nitrogen and oxygen atoms in total. The van der Waals surface area contributed by atoms with E-state index < -0.39 is 0 Å². The smallest absolute Gasteiger partial charge is 0.212 e. The van der Waals surface area contributed by atoms with Crippen molar-refractivity contribution in [2.24, 2.45) is 0 Å². The molecular formula is C16H26N4O. The predicted octanol–water partition coefficient (Wildman–Crippen LogP) is 2.03. The first-order valence-corrected chi connectivity index (χ1v) is 7.71. The Morgan fingerprint density at radius 2 is 2.10 bits per heavy atom. The van der Waals surface area contributed by atoms with E-state index in [1.165, 1.54) is 5.56 Å². The molecule has 0 aromatic carbocycles. The lowest BCUT2D eigenvalue weighted by Gasteiger charge is -2.38. The van der Waals surface area contributed by atoms with Gasteiger partial charge in [0.05, 0.1) is 7.11 Å². The Labute approximate surface area is 127 Å². The van der Waals surface area contributed by atoms with Gasteiger partial charge in [0, 0.05) is 51.0 Å². The standard InChI is InChI=1S/C16H26N4O/c1-3-15(6-7-17)20-10-8-19(9-11-20)13-14-4-5-16(21-2)18-12-14/h4-5,7,12,15,17H,3,6,8-11,13H2,1-2H3. The summed E-state index contributed by atoms with van der Waals surface area (Å²) < 4.78 is 5.09. The summed E-state index contributed by atoms with van der Waals surface area (Å²) in [4.78, 5) is 9.25. The number of methoxy groups -OCH3 is 1. The van der Waals surface area contributed by atoms with E-state index in [2.05, 4.69) is 27.8 Å². The van der Waals surface area contributed by atoms with Crippen LogP contribution in [0.15, 0.2) is 18.3 Å². The minimum atomic E-state index is 0.535. The van der Waals surface area contributed by atoms with Crippen molar-refractivity contribution in [3.63, 3.8) is 0 Å². The third-order valence-electron chi connectivity index (χ3n) is 4.20. The van der Waals surface area contributed by atoms with Gasteiger partial charge in [-0.05, 0) is 24.6 Å². The van der Waals surface area contributed by atoms with Gasteiger partial charge in [0.1, 0.15) is 0 Å². The summed E-state index contributed by atoms with van der Waals surface area (Å²) in [7, 11) is 1.64. The summed E-state index contributed by atoms with van der Waals surface area (Å²) >= 11 is 0. The van der Waals surface area contributed by atoms with Crippen LogP contribution in [-0.4, -0.2) is 60.3 Å². The summed E-state index contributed by atoms with van der Waals surface area (Å²) in [6.45, 7) is 7.52. The molecule has 0 saturated carbocycles. The van der Waals surface area contributed by atoms with Gasteiger partial charge in [-0.1, -0.05) is 13.0 Å². The molecule has 116 valence electrons. The first-order chi connectivity index (χ1) is 10.3. The van der Waals surface area contributed by atoms with Crippen LogP contribution < -0.4 is 4.74 Å². The van der Waals surface area contributed by atoms with Gasteiger partial charge in [-0.25, -0.2) is 4.98 Å². The maximum absolute atomic E-state index is 7.30. The van der Waals surface area contributed by atoms with Gasteiger partial charge >= 0.3 is 0 Å². The molecule has 1 saturated heterocycles. The first kappa shape index (κ1) is 15.9. The first-order valence-electron chi connectivity index (χ1n) is 7.71. The molecule has 0 spiro atoms. The molecule has 0 bridgehead atoms. The Morgan fingerprint density at radius 1 is 1.33 bits per heavy atom. The highest BCUT2D eigenvalue weighted by Crippen LogP contribution is 2.14. The average Bonchev–Trinajstić information content (AvgIpc) is 2.54. The van der Waals surface area contributed by atoms with Crippen LogP contribution in [0.3, 0.4) is 0 Å². The zero-order valence-electron chi connectivity index (χ0n) is 13.1. The summed E-state index contributed by atoms with van der Waals surface area (Å²) in [5.41, 5.74) is 1.23. The number of ether oxygens (including phenoxy) is 1. The van der Waals surface area contributed by atoms with Crippen molar-refractivity contribution >= 4 is 6.21 Å². The molecule has 1 aromatic heterocycles. The van der Waals surface area contributed by atoms with E-state index in [0.717, 1.165) is 45.6 Å². The van der Waals surface area contributed by atoms with Gasteiger partial charge in [-0.3, -0.25) is 9.80 Å². The Kier molecular flexibility index (Phi) is 6.14. The number of piperazine rings is 1. The number of nitrogens with zero attached hydrogens (tertiary/aromatic N) is 3. The summed E-state index contributed by atoms with van der Waals surface area (Å²) in [5.74, 6) is 0.668. The van der Waals surface area contributed by atoms with Crippen molar-refractivity contribution in [3.8, 4) is 5.88 Å². The molecule has 0 aliphatic carbocycles. The lowest BCUT2D eigenvalue weighted by molar-refractivity contribution is 0.0924. The largest absolute Gasteiger partial charge is 0.481 e. The monoisotopic (exact) mass is 290 g/mol. The molecule has 1 atom stereocenters. The highest BCUT2D eigenvalue weighted by Gasteiger charge is 2.22. The van der Waals surface area contributed by atoms with Crippen LogP contribution in [0.25, 0.3) is 0 Å². The van der Waals surface area contributed by atoms with Crippen LogP contribution in [0.4, 0.5) is 0 Å². The van der Waals surface area contributed by atoms with E-state index >= 15 is 0 Å². The molecule has 2 rings (SSSR count). The van der Waals surface area contributed by atoms with Crippen molar-refractivity contribution in [1.82, 2.24) is 14.8 Å². The summed E-state index contributed by atoms with van der Waals surface area (Å²) in [6.07, 6.45) is 5.44. The van der Waals surface area contributed by atoms with Gasteiger partial charge < -0.3 is 10.1 Å². The van der Waals surface area contributed by atoms with Crippen LogP contribution >= 0.6 is 0 Å². The third-order valence-corrected chi connectivity index (χ3v) is 4.20. The lowest BCUT2D eigenvalue weighted by atomic mass is 10.1. The maximum Gasteiger partial charge on any atom is 0.212 e. The number of aromatic nitrogens is 1. The van der Waals surface area contributed by atoms with Crippen molar-refractivity contribution < 1.29 is 4.74 Å². The molecule has 1 aromatic rings. The molecular weight excluding hydrogens is 264 g/mol. The second kappa shape index (κ2) is 8.10. The normalized spacial score (nSPS) is 18.4. The Balaban J connectivity index is 1.81. The number of rotatable bonds is 7. The fraction of sp³-hybridized carbons (Fsp3) is 0.625. The molecule has 2 heterocycles. The van der Waals surface area contributed by atoms with Crippen LogP contribution in [0.2, 0.25) is 0 Å². The lowest BCUT2D eigenvalue weighted by Crippen LogP contribution is -2.49. The highest BCUT2D eigenvalue weighted by molar-refractivity contribution is 5.53. The van der Waals surface area contributed by atoms with Gasteiger partial charge in [0.25, 0.3) is 0 Å². The van der Waals surface area contributed by atoms with Gasteiger partial charge in [0.2, 0.25) is 5.88 Å². The van der Waals surface area contributed by atoms with Crippen molar-refractivity contribution in [3.05, 3.63) is 23.9 Å². The van der Waals surface area contributed by atoms with Crippen molar-refractivity contribution in [1.29, 1.82) is 5.41 Å². The van der Waals surface area contributed by atoms with Crippen LogP contribution in [0.5, 0.6) is 5.88 Å². The molecule has 0 radical (unpaired) electrons. The molecule has 1 unspecified atom stereocenters.